The van der Waals surface area contributed by atoms with E-state index in [9.17, 15) is 19.5 Å². The van der Waals surface area contributed by atoms with Gasteiger partial charge in [0.05, 0.1) is 30.1 Å². The van der Waals surface area contributed by atoms with E-state index in [2.05, 4.69) is 4.74 Å². The number of methoxy groups -OCH3 is 1. The van der Waals surface area contributed by atoms with E-state index in [0.717, 1.165) is 16.7 Å². The van der Waals surface area contributed by atoms with Crippen LogP contribution < -0.4 is 5.11 Å². The first kappa shape index (κ1) is 16.2. The van der Waals surface area contributed by atoms with Crippen LogP contribution in [0.2, 0.25) is 0 Å². The number of carboxylic acid groups (broad SMARTS) is 1. The number of carbonyl (C=O) groups is 3. The summed E-state index contributed by atoms with van der Waals surface area (Å²) < 4.78 is 4.77. The lowest BCUT2D eigenvalue weighted by Gasteiger charge is -2.14. The molecule has 1 amide bonds. The summed E-state index contributed by atoms with van der Waals surface area (Å²) in [6.07, 6.45) is 1.58. The number of hydrogen-bond acceptors (Lipinski definition) is 7. The molecule has 1 aromatic rings. The third-order valence-electron chi connectivity index (χ3n) is 2.79. The molecule has 0 aromatic heterocycles. The van der Waals surface area contributed by atoms with Gasteiger partial charge in [-0.3, -0.25) is 9.69 Å². The summed E-state index contributed by atoms with van der Waals surface area (Å²) in [5.74, 6) is -2.30. The first-order valence-electron chi connectivity index (χ1n) is 6.06. The molecule has 0 atom stereocenters. The van der Waals surface area contributed by atoms with Gasteiger partial charge >= 0.3 is 5.97 Å². The molecule has 0 bridgehead atoms. The van der Waals surface area contributed by atoms with Gasteiger partial charge in [0.1, 0.15) is 4.32 Å². The Morgan fingerprint density at radius 3 is 2.55 bits per heavy atom. The fraction of sp³-hybridized carbons (Fsp3) is 0.143. The maximum absolute atomic E-state index is 12.1. The van der Waals surface area contributed by atoms with E-state index in [0.29, 0.717) is 16.0 Å². The monoisotopic (exact) mass is 336 g/mol. The van der Waals surface area contributed by atoms with Crippen LogP contribution in [-0.2, 0) is 14.3 Å². The lowest BCUT2D eigenvalue weighted by molar-refractivity contribution is -0.305. The largest absolute Gasteiger partial charge is 0.548 e. The Morgan fingerprint density at radius 2 is 2.00 bits per heavy atom. The van der Waals surface area contributed by atoms with Gasteiger partial charge in [-0.1, -0.05) is 36.1 Å². The highest BCUT2D eigenvalue weighted by molar-refractivity contribution is 8.26. The van der Waals surface area contributed by atoms with Gasteiger partial charge in [-0.25, -0.2) is 4.79 Å². The van der Waals surface area contributed by atoms with E-state index in [1.54, 1.807) is 30.3 Å². The predicted molar refractivity (Wildman–Crippen MR) is 82.7 cm³/mol. The van der Waals surface area contributed by atoms with Crippen molar-refractivity contribution in [3.05, 3.63) is 40.3 Å². The zero-order valence-corrected chi connectivity index (χ0v) is 13.0. The van der Waals surface area contributed by atoms with Crippen LogP contribution >= 0.6 is 24.0 Å². The van der Waals surface area contributed by atoms with E-state index in [4.69, 9.17) is 12.2 Å². The number of thioether (sulfide) groups is 1. The van der Waals surface area contributed by atoms with Gasteiger partial charge in [0, 0.05) is 0 Å². The second-order valence-electron chi connectivity index (χ2n) is 4.25. The van der Waals surface area contributed by atoms with E-state index >= 15 is 0 Å². The number of esters is 1. The summed E-state index contributed by atoms with van der Waals surface area (Å²) in [4.78, 5) is 35.3. The highest BCUT2D eigenvalue weighted by Gasteiger charge is 2.31. The fourth-order valence-electron chi connectivity index (χ4n) is 1.75. The van der Waals surface area contributed by atoms with Crippen molar-refractivity contribution in [2.45, 2.75) is 0 Å². The number of carbonyl (C=O) groups excluding carboxylic acids is 3. The van der Waals surface area contributed by atoms with Crippen LogP contribution in [-0.4, -0.2) is 40.7 Å². The Morgan fingerprint density at radius 1 is 1.36 bits per heavy atom. The number of thiocarbonyl (C=S) groups is 1. The van der Waals surface area contributed by atoms with Gasteiger partial charge in [0.25, 0.3) is 5.91 Å². The van der Waals surface area contributed by atoms with Crippen LogP contribution in [0.3, 0.4) is 0 Å². The first-order chi connectivity index (χ1) is 10.4. The van der Waals surface area contributed by atoms with E-state index in [-0.39, 0.29) is 4.32 Å². The van der Waals surface area contributed by atoms with Gasteiger partial charge in [-0.2, -0.15) is 0 Å². The molecule has 114 valence electrons. The Balaban J connectivity index is 2.19. The number of nitrogens with zero attached hydrogens (tertiary/aromatic N) is 1. The average Bonchev–Trinajstić information content (AvgIpc) is 2.74. The van der Waals surface area contributed by atoms with Crippen molar-refractivity contribution in [2.75, 3.05) is 13.7 Å². The van der Waals surface area contributed by atoms with Crippen LogP contribution in [0, 0.1) is 0 Å². The highest BCUT2D eigenvalue weighted by Crippen LogP contribution is 2.32. The van der Waals surface area contributed by atoms with Crippen LogP contribution in [0.15, 0.2) is 29.2 Å². The third-order valence-corrected chi connectivity index (χ3v) is 4.17. The van der Waals surface area contributed by atoms with Crippen molar-refractivity contribution < 1.29 is 24.2 Å². The minimum Gasteiger partial charge on any atom is -0.548 e. The Kier molecular flexibility index (Phi) is 4.94. The first-order valence-corrected chi connectivity index (χ1v) is 7.28. The van der Waals surface area contributed by atoms with E-state index in [1.165, 1.54) is 7.11 Å². The van der Waals surface area contributed by atoms with Crippen molar-refractivity contribution in [2.24, 2.45) is 0 Å². The van der Waals surface area contributed by atoms with Crippen LogP contribution in [0.4, 0.5) is 0 Å². The lowest BCUT2D eigenvalue weighted by Crippen LogP contribution is -2.40. The van der Waals surface area contributed by atoms with E-state index in [1.807, 2.05) is 0 Å². The molecule has 6 nitrogen and oxygen atoms in total. The second-order valence-corrected chi connectivity index (χ2v) is 5.93. The molecule has 2 rings (SSSR count). The molecule has 0 N–H and O–H groups in total. The number of ether oxygens (including phenoxy) is 1. The summed E-state index contributed by atoms with van der Waals surface area (Å²) in [7, 11) is 1.29. The molecule has 22 heavy (non-hydrogen) atoms. The average molecular weight is 336 g/mol. The topological polar surface area (TPSA) is 86.7 Å². The summed E-state index contributed by atoms with van der Waals surface area (Å²) >= 11 is 5.99. The van der Waals surface area contributed by atoms with Crippen molar-refractivity contribution in [1.82, 2.24) is 4.90 Å². The van der Waals surface area contributed by atoms with Crippen molar-refractivity contribution in [3.63, 3.8) is 0 Å². The summed E-state index contributed by atoms with van der Waals surface area (Å²) in [6, 6.07) is 6.44. The molecule has 1 saturated heterocycles. The molecule has 1 fully saturated rings. The molecule has 0 aliphatic carbocycles. The maximum Gasteiger partial charge on any atom is 0.337 e. The van der Waals surface area contributed by atoms with Crippen molar-refractivity contribution in [1.29, 1.82) is 0 Å². The minimum atomic E-state index is -1.38. The van der Waals surface area contributed by atoms with Gasteiger partial charge in [-0.15, -0.1) is 0 Å². The number of amides is 1. The molecule has 1 heterocycles. The van der Waals surface area contributed by atoms with Crippen molar-refractivity contribution >= 4 is 52.2 Å². The molecular formula is C14H10NO5S2-. The lowest BCUT2D eigenvalue weighted by atomic mass is 10.1. The Bertz CT molecular complexity index is 681. The molecule has 0 saturated carbocycles. The van der Waals surface area contributed by atoms with Crippen molar-refractivity contribution in [3.8, 4) is 0 Å². The molecule has 0 spiro atoms. The van der Waals surface area contributed by atoms with Gasteiger partial charge in [-0.05, 0) is 23.8 Å². The standard InChI is InChI=1S/C14H11NO5S2/c1-20-13(19)9-4-2-8(3-5-9)6-10-12(18)15(7-11(16)17)14(21)22-10/h2-6H,7H2,1H3,(H,16,17)/p-1/b10-6-. The number of carboxylic acids is 1. The summed E-state index contributed by atoms with van der Waals surface area (Å²) in [5.41, 5.74) is 1.07. The minimum absolute atomic E-state index is 0.173. The quantitative estimate of drug-likeness (QED) is 0.447. The Labute approximate surface area is 135 Å². The van der Waals surface area contributed by atoms with Gasteiger partial charge < -0.3 is 14.6 Å². The highest BCUT2D eigenvalue weighted by atomic mass is 32.2. The SMILES string of the molecule is COC(=O)c1ccc(/C=C2\SC(=S)N(CC(=O)[O-])C2=O)cc1. The van der Waals surface area contributed by atoms with Gasteiger partial charge in [0.15, 0.2) is 0 Å². The molecule has 0 unspecified atom stereocenters. The molecule has 1 aromatic carbocycles. The molecule has 8 heteroatoms. The summed E-state index contributed by atoms with van der Waals surface area (Å²) in [6.45, 7) is -0.566. The normalized spacial score (nSPS) is 16.2. The number of hydrogen-bond donors (Lipinski definition) is 0. The molecule has 0 radical (unpaired) electrons. The molecule has 1 aliphatic rings. The predicted octanol–water partition coefficient (Wildman–Crippen LogP) is 0.424. The number of benzene rings is 1. The van der Waals surface area contributed by atoms with Crippen LogP contribution in [0.1, 0.15) is 15.9 Å². The maximum atomic E-state index is 12.1. The molecular weight excluding hydrogens is 326 g/mol. The van der Waals surface area contributed by atoms with Gasteiger partial charge in [0.2, 0.25) is 0 Å². The van der Waals surface area contributed by atoms with E-state index < -0.39 is 24.4 Å². The van der Waals surface area contributed by atoms with Crippen LogP contribution in [0.5, 0.6) is 0 Å². The number of rotatable bonds is 4. The zero-order valence-electron chi connectivity index (χ0n) is 11.4. The zero-order chi connectivity index (χ0) is 16.3. The Hall–Kier alpha value is -2.19. The smallest absolute Gasteiger partial charge is 0.337 e. The second kappa shape index (κ2) is 6.71. The third kappa shape index (κ3) is 3.52. The fourth-order valence-corrected chi connectivity index (χ4v) is 3.01. The van der Waals surface area contributed by atoms with Crippen LogP contribution in [0.25, 0.3) is 6.08 Å². The number of aliphatic carboxylic acids is 1. The molecule has 1 aliphatic heterocycles. The summed E-state index contributed by atoms with van der Waals surface area (Å²) in [5, 5.41) is 10.6.